The highest BCUT2D eigenvalue weighted by Crippen LogP contribution is 2.31. The van der Waals surface area contributed by atoms with E-state index < -0.39 is 0 Å². The molecule has 2 aromatic rings. The maximum Gasteiger partial charge on any atom is 0.124 e. The topological polar surface area (TPSA) is 62.0 Å². The fourth-order valence-electron chi connectivity index (χ4n) is 1.87. The molecule has 2 rings (SSSR count). The van der Waals surface area contributed by atoms with Crippen LogP contribution in [0.15, 0.2) is 18.2 Å². The maximum absolute atomic E-state index is 9.73. The van der Waals surface area contributed by atoms with Crippen LogP contribution in [0.1, 0.15) is 31.0 Å². The molecular formula is C12H16N2O. The Hall–Kier alpha value is -1.48. The van der Waals surface area contributed by atoms with E-state index in [2.05, 4.69) is 18.8 Å². The third-order valence-corrected chi connectivity index (χ3v) is 2.70. The van der Waals surface area contributed by atoms with E-state index in [1.165, 1.54) is 5.56 Å². The molecule has 0 saturated heterocycles. The zero-order valence-corrected chi connectivity index (χ0v) is 9.04. The summed E-state index contributed by atoms with van der Waals surface area (Å²) in [5.41, 5.74) is 8.74. The van der Waals surface area contributed by atoms with Gasteiger partial charge in [-0.05, 0) is 23.6 Å². The number of benzene rings is 1. The number of aromatic amines is 1. The SMILES string of the molecule is CC(C)c1ccc(O)c2cc(CN)[nH]c12. The Kier molecular flexibility index (Phi) is 2.40. The fourth-order valence-corrected chi connectivity index (χ4v) is 1.87. The summed E-state index contributed by atoms with van der Waals surface area (Å²) in [6.45, 7) is 4.73. The van der Waals surface area contributed by atoms with Crippen molar-refractivity contribution in [2.45, 2.75) is 26.3 Å². The fraction of sp³-hybridized carbons (Fsp3) is 0.333. The molecule has 3 heteroatoms. The first-order chi connectivity index (χ1) is 7.13. The van der Waals surface area contributed by atoms with Crippen LogP contribution < -0.4 is 5.73 Å². The minimum atomic E-state index is 0.311. The predicted octanol–water partition coefficient (Wildman–Crippen LogP) is 2.46. The van der Waals surface area contributed by atoms with Gasteiger partial charge >= 0.3 is 0 Å². The molecule has 0 aliphatic carbocycles. The number of rotatable bonds is 2. The van der Waals surface area contributed by atoms with Crippen molar-refractivity contribution >= 4 is 10.9 Å². The van der Waals surface area contributed by atoms with Crippen molar-refractivity contribution in [1.82, 2.24) is 4.98 Å². The number of aromatic hydroxyl groups is 1. The van der Waals surface area contributed by atoms with Gasteiger partial charge in [-0.25, -0.2) is 0 Å². The second-order valence-electron chi connectivity index (χ2n) is 4.12. The Balaban J connectivity index is 2.74. The molecule has 0 atom stereocenters. The summed E-state index contributed by atoms with van der Waals surface area (Å²) in [6.07, 6.45) is 0. The van der Waals surface area contributed by atoms with E-state index in [0.717, 1.165) is 16.6 Å². The highest BCUT2D eigenvalue weighted by molar-refractivity contribution is 5.89. The summed E-state index contributed by atoms with van der Waals surface area (Å²) in [4.78, 5) is 3.25. The molecule has 0 bridgehead atoms. The van der Waals surface area contributed by atoms with Crippen LogP contribution in [-0.4, -0.2) is 10.1 Å². The molecule has 1 aromatic carbocycles. The van der Waals surface area contributed by atoms with Crippen molar-refractivity contribution in [3.05, 3.63) is 29.5 Å². The van der Waals surface area contributed by atoms with E-state index in [1.54, 1.807) is 6.07 Å². The quantitative estimate of drug-likeness (QED) is 0.703. The third-order valence-electron chi connectivity index (χ3n) is 2.70. The molecule has 1 heterocycles. The summed E-state index contributed by atoms with van der Waals surface area (Å²) in [5.74, 6) is 0.739. The Bertz CT molecular complexity index is 486. The Morgan fingerprint density at radius 1 is 1.40 bits per heavy atom. The highest BCUT2D eigenvalue weighted by Gasteiger charge is 2.10. The van der Waals surface area contributed by atoms with Gasteiger partial charge in [0.05, 0.1) is 5.52 Å². The molecule has 0 unspecified atom stereocenters. The Morgan fingerprint density at radius 2 is 2.13 bits per heavy atom. The van der Waals surface area contributed by atoms with Crippen molar-refractivity contribution in [2.75, 3.05) is 0 Å². The lowest BCUT2D eigenvalue weighted by Gasteiger charge is -2.07. The summed E-state index contributed by atoms with van der Waals surface area (Å²) in [5, 5.41) is 10.6. The van der Waals surface area contributed by atoms with Gasteiger partial charge in [0.1, 0.15) is 5.75 Å². The number of phenolic OH excluding ortho intramolecular Hbond substituents is 1. The van der Waals surface area contributed by atoms with Gasteiger partial charge in [-0.1, -0.05) is 19.9 Å². The van der Waals surface area contributed by atoms with Crippen LogP contribution in [0.5, 0.6) is 5.75 Å². The first-order valence-electron chi connectivity index (χ1n) is 5.17. The van der Waals surface area contributed by atoms with Crippen LogP contribution in [-0.2, 0) is 6.54 Å². The molecule has 0 radical (unpaired) electrons. The molecule has 0 aliphatic rings. The van der Waals surface area contributed by atoms with Crippen LogP contribution in [0.4, 0.5) is 0 Å². The van der Waals surface area contributed by atoms with Crippen LogP contribution in [0.25, 0.3) is 10.9 Å². The van der Waals surface area contributed by atoms with Gasteiger partial charge in [0.15, 0.2) is 0 Å². The molecule has 0 fully saturated rings. The molecule has 0 spiro atoms. The lowest BCUT2D eigenvalue weighted by atomic mass is 10.0. The predicted molar refractivity (Wildman–Crippen MR) is 61.9 cm³/mol. The normalized spacial score (nSPS) is 11.5. The molecular weight excluding hydrogens is 188 g/mol. The van der Waals surface area contributed by atoms with Gasteiger partial charge in [0.2, 0.25) is 0 Å². The number of H-pyrrole nitrogens is 1. The zero-order valence-electron chi connectivity index (χ0n) is 9.04. The number of hydrogen-bond acceptors (Lipinski definition) is 2. The van der Waals surface area contributed by atoms with E-state index >= 15 is 0 Å². The van der Waals surface area contributed by atoms with Gasteiger partial charge in [-0.15, -0.1) is 0 Å². The van der Waals surface area contributed by atoms with E-state index in [0.29, 0.717) is 18.2 Å². The van der Waals surface area contributed by atoms with Gasteiger partial charge in [-0.3, -0.25) is 0 Å². The van der Waals surface area contributed by atoms with Gasteiger partial charge in [-0.2, -0.15) is 0 Å². The zero-order chi connectivity index (χ0) is 11.0. The van der Waals surface area contributed by atoms with Gasteiger partial charge < -0.3 is 15.8 Å². The lowest BCUT2D eigenvalue weighted by molar-refractivity contribution is 0.481. The molecule has 0 amide bonds. The average Bonchev–Trinajstić information content (AvgIpc) is 2.62. The second-order valence-corrected chi connectivity index (χ2v) is 4.12. The summed E-state index contributed by atoms with van der Waals surface area (Å²) >= 11 is 0. The monoisotopic (exact) mass is 204 g/mol. The first kappa shape index (κ1) is 10.1. The van der Waals surface area contributed by atoms with E-state index in [-0.39, 0.29) is 0 Å². The van der Waals surface area contributed by atoms with Crippen LogP contribution in [0, 0.1) is 0 Å². The van der Waals surface area contributed by atoms with Gasteiger partial charge in [0, 0.05) is 17.6 Å². The molecule has 0 saturated carbocycles. The second kappa shape index (κ2) is 3.59. The van der Waals surface area contributed by atoms with Crippen LogP contribution >= 0.6 is 0 Å². The molecule has 1 aromatic heterocycles. The summed E-state index contributed by atoms with van der Waals surface area (Å²) in [6, 6.07) is 5.61. The van der Waals surface area contributed by atoms with E-state index in [4.69, 9.17) is 5.73 Å². The number of hydrogen-bond donors (Lipinski definition) is 3. The highest BCUT2D eigenvalue weighted by atomic mass is 16.3. The van der Waals surface area contributed by atoms with Crippen molar-refractivity contribution in [3.63, 3.8) is 0 Å². The third kappa shape index (κ3) is 1.59. The maximum atomic E-state index is 9.73. The van der Waals surface area contributed by atoms with Crippen molar-refractivity contribution < 1.29 is 5.11 Å². The van der Waals surface area contributed by atoms with Crippen molar-refractivity contribution in [2.24, 2.45) is 5.73 Å². The molecule has 80 valence electrons. The minimum absolute atomic E-state index is 0.311. The number of nitrogens with one attached hydrogen (secondary N) is 1. The molecule has 0 aliphatic heterocycles. The average molecular weight is 204 g/mol. The van der Waals surface area contributed by atoms with E-state index in [9.17, 15) is 5.11 Å². The number of fused-ring (bicyclic) bond motifs is 1. The number of aromatic nitrogens is 1. The largest absolute Gasteiger partial charge is 0.507 e. The Morgan fingerprint density at radius 3 is 2.73 bits per heavy atom. The van der Waals surface area contributed by atoms with Crippen molar-refractivity contribution in [3.8, 4) is 5.75 Å². The smallest absolute Gasteiger partial charge is 0.124 e. The standard InChI is InChI=1S/C12H16N2O/c1-7(2)9-3-4-11(15)10-5-8(6-13)14-12(9)10/h3-5,7,14-15H,6,13H2,1-2H3. The molecule has 4 N–H and O–H groups in total. The van der Waals surface area contributed by atoms with Crippen LogP contribution in [0.2, 0.25) is 0 Å². The molecule has 15 heavy (non-hydrogen) atoms. The number of phenols is 1. The summed E-state index contributed by atoms with van der Waals surface area (Å²) in [7, 11) is 0. The van der Waals surface area contributed by atoms with E-state index in [1.807, 2.05) is 12.1 Å². The van der Waals surface area contributed by atoms with Crippen LogP contribution in [0.3, 0.4) is 0 Å². The first-order valence-corrected chi connectivity index (χ1v) is 5.17. The number of nitrogens with two attached hydrogens (primary N) is 1. The molecule has 3 nitrogen and oxygen atoms in total. The van der Waals surface area contributed by atoms with Gasteiger partial charge in [0.25, 0.3) is 0 Å². The Labute approximate surface area is 88.9 Å². The minimum Gasteiger partial charge on any atom is -0.507 e. The van der Waals surface area contributed by atoms with Crippen molar-refractivity contribution in [1.29, 1.82) is 0 Å². The summed E-state index contributed by atoms with van der Waals surface area (Å²) < 4.78 is 0. The lowest BCUT2D eigenvalue weighted by Crippen LogP contribution is -1.95.